The van der Waals surface area contributed by atoms with Gasteiger partial charge in [-0.3, -0.25) is 0 Å². The zero-order chi connectivity index (χ0) is 25.7. The summed E-state index contributed by atoms with van der Waals surface area (Å²) in [6.07, 6.45) is -4.16. The van der Waals surface area contributed by atoms with Gasteiger partial charge in [0.25, 0.3) is 0 Å². The number of aromatic nitrogens is 1. The molecule has 3 aromatic rings. The van der Waals surface area contributed by atoms with Gasteiger partial charge in [0.2, 0.25) is 6.79 Å². The highest BCUT2D eigenvalue weighted by atomic mass is 79.9. The van der Waals surface area contributed by atoms with Gasteiger partial charge < -0.3 is 29.4 Å². The lowest BCUT2D eigenvalue weighted by atomic mass is 10.1. The maximum atomic E-state index is 12.6. The van der Waals surface area contributed by atoms with Crippen molar-refractivity contribution in [2.75, 3.05) is 19.9 Å². The van der Waals surface area contributed by atoms with E-state index >= 15 is 0 Å². The van der Waals surface area contributed by atoms with Gasteiger partial charge >= 0.3 is 12.4 Å². The maximum Gasteiger partial charge on any atom is 0.573 e. The third-order valence-corrected chi connectivity index (χ3v) is 6.51. The number of nitrogens with one attached hydrogen (secondary N) is 2. The second-order valence-corrected chi connectivity index (χ2v) is 9.23. The lowest BCUT2D eigenvalue weighted by molar-refractivity contribution is -0.274. The summed E-state index contributed by atoms with van der Waals surface area (Å²) in [6.45, 7) is 3.51. The van der Waals surface area contributed by atoms with E-state index < -0.39 is 6.36 Å². The van der Waals surface area contributed by atoms with Crippen LogP contribution in [0.1, 0.15) is 13.3 Å². The highest BCUT2D eigenvalue weighted by Crippen LogP contribution is 2.36. The predicted molar refractivity (Wildman–Crippen MR) is 132 cm³/mol. The Labute approximate surface area is 216 Å². The van der Waals surface area contributed by atoms with Gasteiger partial charge in [-0.15, -0.1) is 24.5 Å². The Kier molecular flexibility index (Phi) is 8.09. The van der Waals surface area contributed by atoms with Crippen LogP contribution in [0.15, 0.2) is 51.2 Å². The highest BCUT2D eigenvalue weighted by Gasteiger charge is 2.31. The van der Waals surface area contributed by atoms with E-state index in [1.165, 1.54) is 29.5 Å². The molecule has 0 saturated heterocycles. The Morgan fingerprint density at radius 3 is 2.75 bits per heavy atom. The normalized spacial score (nSPS) is 13.1. The van der Waals surface area contributed by atoms with E-state index in [1.54, 1.807) is 0 Å². The standard InChI is InChI=1S/C23H22BrF3N4O4S/c1-2-28-21(32)29-8-3-9-31-18(14-4-7-19-20(10-14)34-13-33-19)12-36-22(31)30-17-6-5-15(11-16(17)24)35-23(25,26)27/h4-7,10-12H,2-3,8-9,13H2,1H3,(H2,28,29,32). The van der Waals surface area contributed by atoms with Crippen LogP contribution in [0.4, 0.5) is 23.7 Å². The van der Waals surface area contributed by atoms with Crippen LogP contribution in [0.5, 0.6) is 17.2 Å². The van der Waals surface area contributed by atoms with E-state index in [2.05, 4.69) is 36.3 Å². The molecule has 0 spiro atoms. The first-order valence-corrected chi connectivity index (χ1v) is 12.6. The number of alkyl halides is 3. The van der Waals surface area contributed by atoms with E-state index in [1.807, 2.05) is 35.1 Å². The highest BCUT2D eigenvalue weighted by molar-refractivity contribution is 9.10. The maximum absolute atomic E-state index is 12.6. The molecular formula is C23H22BrF3N4O4S. The lowest BCUT2D eigenvalue weighted by Gasteiger charge is -2.11. The fourth-order valence-electron chi connectivity index (χ4n) is 3.46. The molecule has 13 heteroatoms. The van der Waals surface area contributed by atoms with Crippen molar-refractivity contribution >= 4 is 39.0 Å². The van der Waals surface area contributed by atoms with Crippen molar-refractivity contribution in [2.24, 2.45) is 4.99 Å². The number of hydrogen-bond acceptors (Lipinski definition) is 6. The van der Waals surface area contributed by atoms with Crippen LogP contribution < -0.4 is 29.6 Å². The second-order valence-electron chi connectivity index (χ2n) is 7.54. The molecule has 8 nitrogen and oxygen atoms in total. The van der Waals surface area contributed by atoms with Gasteiger partial charge in [-0.2, -0.15) is 0 Å². The van der Waals surface area contributed by atoms with Gasteiger partial charge in [-0.1, -0.05) is 0 Å². The Bertz CT molecular complexity index is 1310. The fraction of sp³-hybridized carbons (Fsp3) is 0.304. The Morgan fingerprint density at radius 1 is 1.19 bits per heavy atom. The summed E-state index contributed by atoms with van der Waals surface area (Å²) in [4.78, 5) is 17.0. The Morgan fingerprint density at radius 2 is 2.00 bits per heavy atom. The molecule has 2 N–H and O–H groups in total. The molecule has 0 saturated carbocycles. The molecule has 0 aliphatic carbocycles. The Balaban J connectivity index is 1.64. The van der Waals surface area contributed by atoms with Crippen molar-refractivity contribution in [3.05, 3.63) is 51.1 Å². The smallest absolute Gasteiger partial charge is 0.454 e. The summed E-state index contributed by atoms with van der Waals surface area (Å²) in [7, 11) is 0. The molecule has 0 fully saturated rings. The van der Waals surface area contributed by atoms with Crippen molar-refractivity contribution in [3.8, 4) is 28.5 Å². The summed E-state index contributed by atoms with van der Waals surface area (Å²) in [6, 6.07) is 9.29. The molecule has 1 aliphatic heterocycles. The molecule has 2 aromatic carbocycles. The number of carbonyl (C=O) groups is 1. The number of thiazole rings is 1. The third-order valence-electron chi connectivity index (χ3n) is 5.02. The number of ether oxygens (including phenoxy) is 3. The van der Waals surface area contributed by atoms with E-state index in [-0.39, 0.29) is 18.6 Å². The fourth-order valence-corrected chi connectivity index (χ4v) is 4.86. The summed E-state index contributed by atoms with van der Waals surface area (Å²) >= 11 is 4.67. The molecule has 1 aliphatic rings. The van der Waals surface area contributed by atoms with Gasteiger partial charge in [-0.25, -0.2) is 9.79 Å². The predicted octanol–water partition coefficient (Wildman–Crippen LogP) is 5.55. The van der Waals surface area contributed by atoms with Crippen molar-refractivity contribution in [1.29, 1.82) is 0 Å². The number of halogens is 4. The third kappa shape index (κ3) is 6.52. The zero-order valence-electron chi connectivity index (χ0n) is 19.0. The van der Waals surface area contributed by atoms with E-state index in [0.29, 0.717) is 52.5 Å². The van der Waals surface area contributed by atoms with Gasteiger partial charge in [0.1, 0.15) is 5.75 Å². The first-order chi connectivity index (χ1) is 17.2. The minimum atomic E-state index is -4.78. The zero-order valence-corrected chi connectivity index (χ0v) is 21.4. The summed E-state index contributed by atoms with van der Waals surface area (Å²) in [5, 5.41) is 7.43. The van der Waals surface area contributed by atoms with E-state index in [4.69, 9.17) is 9.47 Å². The SMILES string of the molecule is CCNC(=O)NCCCn1c(-c2ccc3c(c2)OCO3)csc1=Nc1ccc(OC(F)(F)F)cc1Br. The molecule has 0 atom stereocenters. The van der Waals surface area contributed by atoms with Crippen LogP contribution in [0.2, 0.25) is 0 Å². The minimum absolute atomic E-state index is 0.163. The number of fused-ring (bicyclic) bond motifs is 1. The second kappa shape index (κ2) is 11.2. The summed E-state index contributed by atoms with van der Waals surface area (Å²) < 4.78 is 54.9. The number of amides is 2. The van der Waals surface area contributed by atoms with Gasteiger partial charge in [-0.05, 0) is 65.7 Å². The molecule has 2 heterocycles. The van der Waals surface area contributed by atoms with Crippen LogP contribution in [0.3, 0.4) is 0 Å². The number of carbonyl (C=O) groups excluding carboxylic acids is 1. The first-order valence-electron chi connectivity index (χ1n) is 10.9. The van der Waals surface area contributed by atoms with E-state index in [9.17, 15) is 18.0 Å². The molecule has 2 amide bonds. The van der Waals surface area contributed by atoms with Crippen molar-refractivity contribution in [3.63, 3.8) is 0 Å². The molecule has 192 valence electrons. The van der Waals surface area contributed by atoms with Crippen LogP contribution in [-0.4, -0.2) is 36.8 Å². The molecule has 0 bridgehead atoms. The quantitative estimate of drug-likeness (QED) is 0.339. The van der Waals surface area contributed by atoms with Crippen molar-refractivity contribution in [2.45, 2.75) is 26.3 Å². The van der Waals surface area contributed by atoms with Crippen LogP contribution in [0.25, 0.3) is 11.3 Å². The van der Waals surface area contributed by atoms with Gasteiger partial charge in [0.05, 0.1) is 11.4 Å². The average Bonchev–Trinajstić information content (AvgIpc) is 3.44. The van der Waals surface area contributed by atoms with Crippen molar-refractivity contribution in [1.82, 2.24) is 15.2 Å². The van der Waals surface area contributed by atoms with Crippen LogP contribution >= 0.6 is 27.3 Å². The monoisotopic (exact) mass is 586 g/mol. The number of urea groups is 1. The molecule has 0 unspecified atom stereocenters. The van der Waals surface area contributed by atoms with Crippen molar-refractivity contribution < 1.29 is 32.2 Å². The van der Waals surface area contributed by atoms with Gasteiger partial charge in [0.15, 0.2) is 16.3 Å². The summed E-state index contributed by atoms with van der Waals surface area (Å²) in [5.41, 5.74) is 2.21. The van der Waals surface area contributed by atoms with Crippen LogP contribution in [0, 0.1) is 0 Å². The number of hydrogen-bond donors (Lipinski definition) is 2. The van der Waals surface area contributed by atoms with Gasteiger partial charge in [0, 0.05) is 35.1 Å². The molecular weight excluding hydrogens is 565 g/mol. The first kappa shape index (κ1) is 25.9. The number of rotatable bonds is 8. The number of benzene rings is 2. The average molecular weight is 587 g/mol. The Hall–Kier alpha value is -3.19. The lowest BCUT2D eigenvalue weighted by Crippen LogP contribution is -2.36. The molecule has 36 heavy (non-hydrogen) atoms. The largest absolute Gasteiger partial charge is 0.573 e. The topological polar surface area (TPSA) is 86.1 Å². The molecule has 0 radical (unpaired) electrons. The minimum Gasteiger partial charge on any atom is -0.454 e. The van der Waals surface area contributed by atoms with E-state index in [0.717, 1.165) is 11.3 Å². The number of nitrogens with zero attached hydrogens (tertiary/aromatic N) is 2. The van der Waals surface area contributed by atoms with Crippen LogP contribution in [-0.2, 0) is 6.54 Å². The molecule has 1 aromatic heterocycles. The summed E-state index contributed by atoms with van der Waals surface area (Å²) in [5.74, 6) is 0.969. The molecule has 4 rings (SSSR count).